The molecule has 1 saturated heterocycles. The summed E-state index contributed by atoms with van der Waals surface area (Å²) < 4.78 is 6.63. The Hall–Kier alpha value is -1.83. The fourth-order valence-electron chi connectivity index (χ4n) is 3.60. The van der Waals surface area contributed by atoms with E-state index >= 15 is 0 Å². The molecular weight excluding hydrogens is 380 g/mol. The molecule has 0 amide bonds. The molecule has 1 aliphatic heterocycles. The van der Waals surface area contributed by atoms with Crippen LogP contribution >= 0.6 is 11.6 Å². The van der Waals surface area contributed by atoms with E-state index in [9.17, 15) is 0 Å². The lowest BCUT2D eigenvalue weighted by Gasteiger charge is -2.32. The van der Waals surface area contributed by atoms with E-state index in [-0.39, 0.29) is 12.2 Å². The Balaban J connectivity index is 1.79. The Kier molecular flexibility index (Phi) is 8.58. The van der Waals surface area contributed by atoms with Crippen molar-refractivity contribution < 1.29 is 4.74 Å². The summed E-state index contributed by atoms with van der Waals surface area (Å²) in [6.45, 7) is 2.88. The zero-order valence-electron chi connectivity index (χ0n) is 17.2. The van der Waals surface area contributed by atoms with Crippen molar-refractivity contribution in [1.29, 1.82) is 0 Å². The van der Waals surface area contributed by atoms with Gasteiger partial charge in [0.25, 0.3) is 0 Å². The molecule has 1 atom stereocenters. The van der Waals surface area contributed by atoms with E-state index in [1.165, 1.54) is 0 Å². The van der Waals surface area contributed by atoms with Crippen molar-refractivity contribution in [2.24, 2.45) is 5.73 Å². The second-order valence-corrected chi connectivity index (χ2v) is 8.18. The predicted octanol–water partition coefficient (Wildman–Crippen LogP) is 5.02. The molecule has 3 rings (SSSR count). The second kappa shape index (κ2) is 11.4. The van der Waals surface area contributed by atoms with Gasteiger partial charge in [-0.05, 0) is 74.7 Å². The predicted molar refractivity (Wildman–Crippen MR) is 121 cm³/mol. The number of nitrogens with two attached hydrogens (primary N) is 1. The molecule has 0 radical (unpaired) electrons. The van der Waals surface area contributed by atoms with Crippen LogP contribution in [0.1, 0.15) is 54.9 Å². The zero-order valence-corrected chi connectivity index (χ0v) is 18.0. The van der Waals surface area contributed by atoms with E-state index in [0.717, 1.165) is 73.5 Å². The van der Waals surface area contributed by atoms with Crippen molar-refractivity contribution in [3.8, 4) is 11.8 Å². The van der Waals surface area contributed by atoms with Gasteiger partial charge < -0.3 is 15.4 Å². The molecule has 0 spiro atoms. The van der Waals surface area contributed by atoms with E-state index in [1.54, 1.807) is 0 Å². The number of rotatable bonds is 7. The third-order valence-corrected chi connectivity index (χ3v) is 5.60. The minimum atomic E-state index is -0.111. The molecular formula is C25H31ClN2O. The fraction of sp³-hybridized carbons (Fsp3) is 0.440. The van der Waals surface area contributed by atoms with Crippen molar-refractivity contribution in [1.82, 2.24) is 4.90 Å². The van der Waals surface area contributed by atoms with E-state index in [4.69, 9.17) is 22.1 Å². The summed E-state index contributed by atoms with van der Waals surface area (Å²) >= 11 is 6.12. The van der Waals surface area contributed by atoms with Crippen LogP contribution in [-0.4, -0.2) is 37.7 Å². The Bertz CT molecular complexity index is 817. The average molecular weight is 411 g/mol. The highest BCUT2D eigenvalue weighted by molar-refractivity contribution is 6.30. The number of hydrogen-bond acceptors (Lipinski definition) is 3. The number of benzene rings is 2. The Morgan fingerprint density at radius 3 is 2.59 bits per heavy atom. The zero-order chi connectivity index (χ0) is 20.5. The van der Waals surface area contributed by atoms with Gasteiger partial charge in [0.2, 0.25) is 0 Å². The second-order valence-electron chi connectivity index (χ2n) is 7.74. The lowest BCUT2D eigenvalue weighted by atomic mass is 9.98. The molecule has 0 saturated carbocycles. The van der Waals surface area contributed by atoms with Crippen LogP contribution in [-0.2, 0) is 4.74 Å². The van der Waals surface area contributed by atoms with Crippen LogP contribution in [0.4, 0.5) is 0 Å². The number of likely N-dealkylation sites (tertiary alicyclic amines) is 1. The minimum absolute atomic E-state index is 0.111. The van der Waals surface area contributed by atoms with Crippen molar-refractivity contribution in [3.63, 3.8) is 0 Å². The van der Waals surface area contributed by atoms with Gasteiger partial charge in [-0.2, -0.15) is 0 Å². The molecule has 2 N–H and O–H groups in total. The van der Waals surface area contributed by atoms with Gasteiger partial charge in [0.05, 0.1) is 6.10 Å². The molecule has 2 aromatic rings. The highest BCUT2D eigenvalue weighted by atomic mass is 35.5. The van der Waals surface area contributed by atoms with Crippen LogP contribution in [0, 0.1) is 11.8 Å². The van der Waals surface area contributed by atoms with Crippen molar-refractivity contribution in [2.75, 3.05) is 26.7 Å². The first kappa shape index (κ1) is 21.9. The largest absolute Gasteiger partial charge is 0.365 e. The molecule has 29 heavy (non-hydrogen) atoms. The number of ether oxygens (including phenoxy) is 1. The molecule has 1 fully saturated rings. The number of hydrogen-bond donors (Lipinski definition) is 1. The quantitative estimate of drug-likeness (QED) is 0.514. The highest BCUT2D eigenvalue weighted by Gasteiger charge is 2.23. The van der Waals surface area contributed by atoms with Crippen molar-refractivity contribution >= 4 is 11.6 Å². The lowest BCUT2D eigenvalue weighted by molar-refractivity contribution is -0.0234. The molecule has 3 nitrogen and oxygen atoms in total. The monoisotopic (exact) mass is 410 g/mol. The molecule has 2 aromatic carbocycles. The summed E-state index contributed by atoms with van der Waals surface area (Å²) in [7, 11) is 2.17. The summed E-state index contributed by atoms with van der Waals surface area (Å²) in [6, 6.07) is 16.4. The summed E-state index contributed by atoms with van der Waals surface area (Å²) in [4.78, 5) is 2.36. The molecule has 154 valence electrons. The smallest absolute Gasteiger partial charge is 0.108 e. The maximum Gasteiger partial charge on any atom is 0.108 e. The van der Waals surface area contributed by atoms with Gasteiger partial charge in [-0.1, -0.05) is 47.7 Å². The molecule has 1 aliphatic rings. The lowest BCUT2D eigenvalue weighted by Crippen LogP contribution is -2.35. The maximum atomic E-state index is 6.63. The van der Waals surface area contributed by atoms with E-state index in [0.29, 0.717) is 0 Å². The fourth-order valence-corrected chi connectivity index (χ4v) is 3.73. The van der Waals surface area contributed by atoms with E-state index in [1.807, 2.05) is 12.1 Å². The number of halogens is 1. The molecule has 0 bridgehead atoms. The third kappa shape index (κ3) is 6.87. The Morgan fingerprint density at radius 1 is 1.10 bits per heavy atom. The first-order chi connectivity index (χ1) is 14.2. The van der Waals surface area contributed by atoms with Gasteiger partial charge in [0, 0.05) is 30.1 Å². The molecule has 0 aliphatic carbocycles. The first-order valence-corrected chi connectivity index (χ1v) is 10.9. The van der Waals surface area contributed by atoms with Crippen LogP contribution < -0.4 is 5.73 Å². The van der Waals surface area contributed by atoms with Crippen LogP contribution in [0.2, 0.25) is 5.02 Å². The standard InChI is InChI=1S/C25H31ClN2O/c1-28-17-14-24(15-18-28)29-25(21-10-12-23(26)13-11-21)22-9-6-8-20(19-22)7-4-2-3-5-16-27/h6,8-13,19,24-25H,2-3,5,14-18,27H2,1H3. The summed E-state index contributed by atoms with van der Waals surface area (Å²) in [5, 5.41) is 0.740. The molecule has 4 heteroatoms. The summed E-state index contributed by atoms with van der Waals surface area (Å²) in [5.74, 6) is 6.56. The van der Waals surface area contributed by atoms with Gasteiger partial charge in [-0.3, -0.25) is 0 Å². The average Bonchev–Trinajstić information content (AvgIpc) is 2.74. The van der Waals surface area contributed by atoms with Gasteiger partial charge in [-0.25, -0.2) is 0 Å². The topological polar surface area (TPSA) is 38.5 Å². The maximum absolute atomic E-state index is 6.63. The molecule has 1 heterocycles. The van der Waals surface area contributed by atoms with Crippen LogP contribution in [0.15, 0.2) is 48.5 Å². The summed E-state index contributed by atoms with van der Waals surface area (Å²) in [6.07, 6.45) is 5.22. The van der Waals surface area contributed by atoms with Crippen LogP contribution in [0.25, 0.3) is 0 Å². The van der Waals surface area contributed by atoms with Gasteiger partial charge >= 0.3 is 0 Å². The van der Waals surface area contributed by atoms with E-state index in [2.05, 4.69) is 60.2 Å². The Morgan fingerprint density at radius 2 is 1.86 bits per heavy atom. The van der Waals surface area contributed by atoms with Gasteiger partial charge in [-0.15, -0.1) is 0 Å². The van der Waals surface area contributed by atoms with Gasteiger partial charge in [0.15, 0.2) is 0 Å². The number of nitrogens with zero attached hydrogens (tertiary/aromatic N) is 1. The number of unbranched alkanes of at least 4 members (excludes halogenated alkanes) is 2. The third-order valence-electron chi connectivity index (χ3n) is 5.34. The Labute approximate surface area is 180 Å². The molecule has 1 unspecified atom stereocenters. The summed E-state index contributed by atoms with van der Waals surface area (Å²) in [5.41, 5.74) is 8.85. The van der Waals surface area contributed by atoms with Crippen LogP contribution in [0.3, 0.4) is 0 Å². The SMILES string of the molecule is CN1CCC(OC(c2ccc(Cl)cc2)c2cccc(C#CCCCCN)c2)CC1. The van der Waals surface area contributed by atoms with Gasteiger partial charge in [0.1, 0.15) is 6.10 Å². The molecule has 0 aromatic heterocycles. The minimum Gasteiger partial charge on any atom is -0.365 e. The van der Waals surface area contributed by atoms with Crippen molar-refractivity contribution in [2.45, 2.75) is 44.3 Å². The highest BCUT2D eigenvalue weighted by Crippen LogP contribution is 2.31. The van der Waals surface area contributed by atoms with E-state index < -0.39 is 0 Å². The van der Waals surface area contributed by atoms with Crippen LogP contribution in [0.5, 0.6) is 0 Å². The number of piperidine rings is 1. The van der Waals surface area contributed by atoms with Crippen molar-refractivity contribution in [3.05, 3.63) is 70.2 Å². The normalized spacial score (nSPS) is 16.2. The first-order valence-electron chi connectivity index (χ1n) is 10.5.